The van der Waals surface area contributed by atoms with Crippen LogP contribution in [0.5, 0.6) is 0 Å². The minimum atomic E-state index is -0.391. The summed E-state index contributed by atoms with van der Waals surface area (Å²) in [6.07, 6.45) is 3.28. The minimum Gasteiger partial charge on any atom is -0.455 e. The Balaban J connectivity index is 2.68. The Bertz CT molecular complexity index is 391. The molecule has 0 aliphatic rings. The van der Waals surface area contributed by atoms with Crippen LogP contribution >= 0.6 is 11.8 Å². The van der Waals surface area contributed by atoms with Crippen LogP contribution in [0.3, 0.4) is 0 Å². The third-order valence-electron chi connectivity index (χ3n) is 3.03. The molecule has 102 valence electrons. The van der Waals surface area contributed by atoms with Crippen molar-refractivity contribution in [3.63, 3.8) is 0 Å². The monoisotopic (exact) mass is 271 g/mol. The zero-order valence-corrected chi connectivity index (χ0v) is 12.0. The summed E-state index contributed by atoms with van der Waals surface area (Å²) in [6.45, 7) is 3.96. The fourth-order valence-corrected chi connectivity index (χ4v) is 2.07. The summed E-state index contributed by atoms with van der Waals surface area (Å²) >= 11 is 1.65. The van der Waals surface area contributed by atoms with Gasteiger partial charge in [-0.15, -0.1) is 0 Å². The van der Waals surface area contributed by atoms with Gasteiger partial charge >= 0.3 is 0 Å². The van der Waals surface area contributed by atoms with Crippen LogP contribution in [-0.2, 0) is 5.75 Å². The molecule has 2 N–H and O–H groups in total. The van der Waals surface area contributed by atoms with E-state index in [1.807, 2.05) is 26.2 Å². The van der Waals surface area contributed by atoms with E-state index in [0.717, 1.165) is 17.9 Å². The molecule has 0 saturated heterocycles. The van der Waals surface area contributed by atoms with Gasteiger partial charge in [0.1, 0.15) is 5.76 Å². The SMILES string of the molecule is CCC(C)(CCO)NC(=O)c1ccc(CSC)o1. The van der Waals surface area contributed by atoms with Crippen molar-refractivity contribution in [3.8, 4) is 0 Å². The molecule has 18 heavy (non-hydrogen) atoms. The highest BCUT2D eigenvalue weighted by Crippen LogP contribution is 2.17. The molecule has 1 atom stereocenters. The quantitative estimate of drug-likeness (QED) is 0.799. The average molecular weight is 271 g/mol. The van der Waals surface area contributed by atoms with Crippen molar-refractivity contribution in [3.05, 3.63) is 23.7 Å². The molecular weight excluding hydrogens is 250 g/mol. The topological polar surface area (TPSA) is 62.5 Å². The number of carbonyl (C=O) groups excluding carboxylic acids is 1. The molecule has 1 amide bonds. The van der Waals surface area contributed by atoms with E-state index in [2.05, 4.69) is 5.32 Å². The lowest BCUT2D eigenvalue weighted by atomic mass is 9.95. The maximum Gasteiger partial charge on any atom is 0.287 e. The lowest BCUT2D eigenvalue weighted by molar-refractivity contribution is 0.0856. The zero-order chi connectivity index (χ0) is 13.6. The van der Waals surface area contributed by atoms with Crippen LogP contribution in [0.15, 0.2) is 16.5 Å². The van der Waals surface area contributed by atoms with Crippen molar-refractivity contribution in [2.45, 2.75) is 38.0 Å². The van der Waals surface area contributed by atoms with E-state index < -0.39 is 5.54 Å². The summed E-state index contributed by atoms with van der Waals surface area (Å²) in [5, 5.41) is 11.9. The Labute approximate surface area is 112 Å². The number of carbonyl (C=O) groups is 1. The summed E-state index contributed by atoms with van der Waals surface area (Å²) in [4.78, 5) is 12.0. The number of thioether (sulfide) groups is 1. The summed E-state index contributed by atoms with van der Waals surface area (Å²) < 4.78 is 5.46. The van der Waals surface area contributed by atoms with E-state index in [-0.39, 0.29) is 12.5 Å². The van der Waals surface area contributed by atoms with Crippen molar-refractivity contribution in [2.75, 3.05) is 12.9 Å². The Morgan fingerprint density at radius 3 is 2.83 bits per heavy atom. The molecule has 1 aromatic rings. The van der Waals surface area contributed by atoms with Gasteiger partial charge in [0.2, 0.25) is 0 Å². The molecule has 1 aromatic heterocycles. The average Bonchev–Trinajstić information content (AvgIpc) is 2.78. The van der Waals surface area contributed by atoms with Gasteiger partial charge in [-0.05, 0) is 38.2 Å². The molecule has 0 spiro atoms. The highest BCUT2D eigenvalue weighted by atomic mass is 32.2. The molecule has 0 aliphatic heterocycles. The van der Waals surface area contributed by atoms with Crippen LogP contribution in [0.4, 0.5) is 0 Å². The Morgan fingerprint density at radius 2 is 2.28 bits per heavy atom. The second kappa shape index (κ2) is 6.85. The number of aliphatic hydroxyl groups excluding tert-OH is 1. The van der Waals surface area contributed by atoms with Crippen molar-refractivity contribution >= 4 is 17.7 Å². The molecule has 1 unspecified atom stereocenters. The minimum absolute atomic E-state index is 0.0561. The van der Waals surface area contributed by atoms with Crippen molar-refractivity contribution in [1.29, 1.82) is 0 Å². The predicted molar refractivity (Wildman–Crippen MR) is 73.8 cm³/mol. The molecule has 0 aliphatic carbocycles. The molecule has 0 fully saturated rings. The van der Waals surface area contributed by atoms with E-state index in [1.165, 1.54) is 0 Å². The van der Waals surface area contributed by atoms with Gasteiger partial charge in [0.25, 0.3) is 5.91 Å². The van der Waals surface area contributed by atoms with E-state index in [0.29, 0.717) is 12.2 Å². The second-order valence-electron chi connectivity index (χ2n) is 4.54. The van der Waals surface area contributed by atoms with Crippen molar-refractivity contribution < 1.29 is 14.3 Å². The van der Waals surface area contributed by atoms with E-state index >= 15 is 0 Å². The smallest absolute Gasteiger partial charge is 0.287 e. The molecule has 0 radical (unpaired) electrons. The number of furan rings is 1. The van der Waals surface area contributed by atoms with Crippen LogP contribution in [0.25, 0.3) is 0 Å². The first-order chi connectivity index (χ1) is 8.54. The van der Waals surface area contributed by atoms with Crippen LogP contribution in [-0.4, -0.2) is 29.4 Å². The lowest BCUT2D eigenvalue weighted by Crippen LogP contribution is -2.46. The largest absolute Gasteiger partial charge is 0.455 e. The lowest BCUT2D eigenvalue weighted by Gasteiger charge is -2.28. The summed E-state index contributed by atoms with van der Waals surface area (Å²) in [6, 6.07) is 3.51. The van der Waals surface area contributed by atoms with Gasteiger partial charge in [-0.1, -0.05) is 6.92 Å². The maximum absolute atomic E-state index is 12.0. The molecule has 0 bridgehead atoms. The number of aliphatic hydroxyl groups is 1. The Kier molecular flexibility index (Phi) is 5.75. The molecule has 4 nitrogen and oxygen atoms in total. The molecule has 0 aromatic carbocycles. The number of amides is 1. The normalized spacial score (nSPS) is 14.2. The summed E-state index contributed by atoms with van der Waals surface area (Å²) in [5.41, 5.74) is -0.391. The zero-order valence-electron chi connectivity index (χ0n) is 11.2. The standard InChI is InChI=1S/C13H21NO3S/c1-4-13(2,7-8-15)14-12(16)11-6-5-10(17-11)9-18-3/h5-6,15H,4,7-9H2,1-3H3,(H,14,16). The molecular formula is C13H21NO3S. The molecule has 0 saturated carbocycles. The first-order valence-electron chi connectivity index (χ1n) is 6.05. The Morgan fingerprint density at radius 1 is 1.56 bits per heavy atom. The molecule has 5 heteroatoms. The van der Waals surface area contributed by atoms with Crippen LogP contribution in [0.2, 0.25) is 0 Å². The third kappa shape index (κ3) is 4.07. The first-order valence-corrected chi connectivity index (χ1v) is 7.45. The summed E-state index contributed by atoms with van der Waals surface area (Å²) in [5.74, 6) is 1.67. The van der Waals surface area contributed by atoms with Gasteiger partial charge in [-0.3, -0.25) is 4.79 Å². The number of nitrogens with one attached hydrogen (secondary N) is 1. The Hall–Kier alpha value is -0.940. The van der Waals surface area contributed by atoms with E-state index in [1.54, 1.807) is 17.8 Å². The van der Waals surface area contributed by atoms with Gasteiger partial charge in [-0.2, -0.15) is 11.8 Å². The third-order valence-corrected chi connectivity index (χ3v) is 3.60. The maximum atomic E-state index is 12.0. The number of hydrogen-bond donors (Lipinski definition) is 2. The summed E-state index contributed by atoms with van der Waals surface area (Å²) in [7, 11) is 0. The van der Waals surface area contributed by atoms with Gasteiger partial charge in [0.15, 0.2) is 5.76 Å². The highest BCUT2D eigenvalue weighted by molar-refractivity contribution is 7.97. The van der Waals surface area contributed by atoms with E-state index in [4.69, 9.17) is 9.52 Å². The van der Waals surface area contributed by atoms with Gasteiger partial charge in [0, 0.05) is 12.1 Å². The fraction of sp³-hybridized carbons (Fsp3) is 0.615. The van der Waals surface area contributed by atoms with Crippen LogP contribution in [0, 0.1) is 0 Å². The van der Waals surface area contributed by atoms with Crippen molar-refractivity contribution in [2.24, 2.45) is 0 Å². The van der Waals surface area contributed by atoms with Gasteiger partial charge in [0.05, 0.1) is 5.75 Å². The van der Waals surface area contributed by atoms with Crippen molar-refractivity contribution in [1.82, 2.24) is 5.32 Å². The molecule has 1 heterocycles. The van der Waals surface area contributed by atoms with Gasteiger partial charge < -0.3 is 14.8 Å². The number of rotatable bonds is 7. The highest BCUT2D eigenvalue weighted by Gasteiger charge is 2.25. The molecule has 1 rings (SSSR count). The first kappa shape index (κ1) is 15.1. The second-order valence-corrected chi connectivity index (χ2v) is 5.41. The van der Waals surface area contributed by atoms with Gasteiger partial charge in [-0.25, -0.2) is 0 Å². The number of hydrogen-bond acceptors (Lipinski definition) is 4. The van der Waals surface area contributed by atoms with E-state index in [9.17, 15) is 4.79 Å². The predicted octanol–water partition coefficient (Wildman–Crippen LogP) is 2.42. The van der Waals surface area contributed by atoms with Crippen LogP contribution in [0.1, 0.15) is 43.0 Å². The van der Waals surface area contributed by atoms with Crippen LogP contribution < -0.4 is 5.32 Å². The fourth-order valence-electron chi connectivity index (χ4n) is 1.63.